The largest absolute Gasteiger partial charge is 0.354 e. The topological polar surface area (TPSA) is 66.5 Å². The lowest BCUT2D eigenvalue weighted by molar-refractivity contribution is -0.122. The number of anilines is 1. The SMILES string of the molecule is CCCC[C@H](CC)CNC(=O)[C@H](C)N(c1ccc(C)c(C)c1)S(C)(=O)=O. The van der Waals surface area contributed by atoms with Gasteiger partial charge in [0.1, 0.15) is 6.04 Å². The highest BCUT2D eigenvalue weighted by Gasteiger charge is 2.29. The maximum Gasteiger partial charge on any atom is 0.243 e. The van der Waals surface area contributed by atoms with E-state index in [1.165, 1.54) is 4.31 Å². The molecule has 0 aliphatic heterocycles. The van der Waals surface area contributed by atoms with Gasteiger partial charge in [-0.3, -0.25) is 9.10 Å². The van der Waals surface area contributed by atoms with Gasteiger partial charge < -0.3 is 5.32 Å². The van der Waals surface area contributed by atoms with Crippen molar-refractivity contribution in [2.75, 3.05) is 17.1 Å². The summed E-state index contributed by atoms with van der Waals surface area (Å²) in [5, 5.41) is 2.95. The third-order valence-electron chi connectivity index (χ3n) is 4.94. The average Bonchev–Trinajstić information content (AvgIpc) is 2.56. The van der Waals surface area contributed by atoms with Gasteiger partial charge in [0.2, 0.25) is 15.9 Å². The molecular weight excluding hydrogens is 348 g/mol. The molecule has 0 unspecified atom stereocenters. The Bertz CT molecular complexity index is 701. The van der Waals surface area contributed by atoms with E-state index in [2.05, 4.69) is 19.2 Å². The summed E-state index contributed by atoms with van der Waals surface area (Å²) < 4.78 is 25.9. The molecule has 2 atom stereocenters. The van der Waals surface area contributed by atoms with Crippen LogP contribution < -0.4 is 9.62 Å². The zero-order chi connectivity index (χ0) is 19.9. The normalized spacial score (nSPS) is 13.9. The predicted molar refractivity (Wildman–Crippen MR) is 109 cm³/mol. The van der Waals surface area contributed by atoms with Gasteiger partial charge >= 0.3 is 0 Å². The molecular formula is C20H34N2O3S. The number of aryl methyl sites for hydroxylation is 2. The second-order valence-corrected chi connectivity index (χ2v) is 9.02. The molecule has 0 fully saturated rings. The number of carbonyl (C=O) groups is 1. The van der Waals surface area contributed by atoms with Gasteiger partial charge in [0.25, 0.3) is 0 Å². The van der Waals surface area contributed by atoms with Crippen molar-refractivity contribution < 1.29 is 13.2 Å². The summed E-state index contributed by atoms with van der Waals surface area (Å²) in [7, 11) is -3.58. The Morgan fingerprint density at radius 3 is 2.35 bits per heavy atom. The molecule has 0 spiro atoms. The molecule has 0 saturated heterocycles. The molecule has 148 valence electrons. The molecule has 1 aromatic rings. The minimum Gasteiger partial charge on any atom is -0.354 e. The highest BCUT2D eigenvalue weighted by molar-refractivity contribution is 7.92. The van der Waals surface area contributed by atoms with Crippen LogP contribution in [0.5, 0.6) is 0 Å². The lowest BCUT2D eigenvalue weighted by Crippen LogP contribution is -2.48. The van der Waals surface area contributed by atoms with Crippen LogP contribution in [0.25, 0.3) is 0 Å². The van der Waals surface area contributed by atoms with Crippen molar-refractivity contribution in [1.29, 1.82) is 0 Å². The molecule has 1 N–H and O–H groups in total. The maximum absolute atomic E-state index is 12.6. The Kier molecular flexibility index (Phi) is 8.60. The Morgan fingerprint density at radius 2 is 1.85 bits per heavy atom. The quantitative estimate of drug-likeness (QED) is 0.669. The van der Waals surface area contributed by atoms with E-state index in [4.69, 9.17) is 0 Å². The number of sulfonamides is 1. The molecule has 0 aliphatic rings. The van der Waals surface area contributed by atoms with Crippen molar-refractivity contribution in [3.8, 4) is 0 Å². The first-order chi connectivity index (χ1) is 12.1. The second-order valence-electron chi connectivity index (χ2n) is 7.17. The van der Waals surface area contributed by atoms with Crippen molar-refractivity contribution >= 4 is 21.6 Å². The molecule has 5 nitrogen and oxygen atoms in total. The van der Waals surface area contributed by atoms with E-state index in [1.807, 2.05) is 26.0 Å². The van der Waals surface area contributed by atoms with Gasteiger partial charge in [-0.2, -0.15) is 0 Å². The number of carbonyl (C=O) groups excluding carboxylic acids is 1. The molecule has 6 heteroatoms. The van der Waals surface area contributed by atoms with Crippen LogP contribution in [-0.2, 0) is 14.8 Å². The van der Waals surface area contributed by atoms with Crippen molar-refractivity contribution in [1.82, 2.24) is 5.32 Å². The van der Waals surface area contributed by atoms with E-state index in [1.54, 1.807) is 13.0 Å². The first kappa shape index (κ1) is 22.5. The summed E-state index contributed by atoms with van der Waals surface area (Å²) in [6, 6.07) is 4.65. The molecule has 0 radical (unpaired) electrons. The van der Waals surface area contributed by atoms with Gasteiger partial charge in [0.05, 0.1) is 11.9 Å². The minimum atomic E-state index is -3.58. The molecule has 0 saturated carbocycles. The highest BCUT2D eigenvalue weighted by Crippen LogP contribution is 2.24. The summed E-state index contributed by atoms with van der Waals surface area (Å²) in [5.74, 6) is 0.169. The van der Waals surface area contributed by atoms with Crippen LogP contribution >= 0.6 is 0 Å². The Hall–Kier alpha value is -1.56. The molecule has 0 bridgehead atoms. The van der Waals surface area contributed by atoms with E-state index in [-0.39, 0.29) is 5.91 Å². The van der Waals surface area contributed by atoms with Gasteiger partial charge in [-0.15, -0.1) is 0 Å². The molecule has 26 heavy (non-hydrogen) atoms. The lowest BCUT2D eigenvalue weighted by atomic mass is 9.99. The molecule has 1 amide bonds. The fourth-order valence-electron chi connectivity index (χ4n) is 3.01. The summed E-state index contributed by atoms with van der Waals surface area (Å²) in [4.78, 5) is 12.6. The number of nitrogens with one attached hydrogen (secondary N) is 1. The summed E-state index contributed by atoms with van der Waals surface area (Å²) in [5.41, 5.74) is 2.60. The minimum absolute atomic E-state index is 0.261. The van der Waals surface area contributed by atoms with E-state index in [9.17, 15) is 13.2 Å². The van der Waals surface area contributed by atoms with E-state index in [0.29, 0.717) is 18.2 Å². The van der Waals surface area contributed by atoms with Crippen LogP contribution in [0.15, 0.2) is 18.2 Å². The summed E-state index contributed by atoms with van der Waals surface area (Å²) in [6.45, 7) is 10.4. The Balaban J connectivity index is 2.94. The molecule has 1 aromatic carbocycles. The van der Waals surface area contributed by atoms with Crippen molar-refractivity contribution in [2.45, 2.75) is 66.3 Å². The van der Waals surface area contributed by atoms with Crippen molar-refractivity contribution in [3.05, 3.63) is 29.3 Å². The zero-order valence-corrected chi connectivity index (χ0v) is 17.8. The van der Waals surface area contributed by atoms with Crippen LogP contribution in [0, 0.1) is 19.8 Å². The van der Waals surface area contributed by atoms with Crippen LogP contribution in [0.1, 0.15) is 57.6 Å². The standard InChI is InChI=1S/C20H34N2O3S/c1-7-9-10-18(8-2)14-21-20(23)17(5)22(26(6,24)25)19-12-11-15(3)16(4)13-19/h11-13,17-18H,7-10,14H2,1-6H3,(H,21,23)/t17-,18-/m0/s1. The van der Waals surface area contributed by atoms with Crippen molar-refractivity contribution in [2.24, 2.45) is 5.92 Å². The van der Waals surface area contributed by atoms with Gasteiger partial charge in [0.15, 0.2) is 0 Å². The first-order valence-corrected chi connectivity index (χ1v) is 11.3. The third kappa shape index (κ3) is 6.31. The highest BCUT2D eigenvalue weighted by atomic mass is 32.2. The summed E-state index contributed by atoms with van der Waals surface area (Å²) >= 11 is 0. The molecule has 1 rings (SSSR count). The number of hydrogen-bond acceptors (Lipinski definition) is 3. The lowest BCUT2D eigenvalue weighted by Gasteiger charge is -2.29. The average molecular weight is 383 g/mol. The van der Waals surface area contributed by atoms with Crippen LogP contribution in [0.2, 0.25) is 0 Å². The van der Waals surface area contributed by atoms with Gasteiger partial charge in [-0.25, -0.2) is 8.42 Å². The van der Waals surface area contributed by atoms with Gasteiger partial charge in [0, 0.05) is 6.54 Å². The van der Waals surface area contributed by atoms with Crippen LogP contribution in [0.4, 0.5) is 5.69 Å². The first-order valence-electron chi connectivity index (χ1n) is 9.46. The van der Waals surface area contributed by atoms with E-state index >= 15 is 0 Å². The maximum atomic E-state index is 12.6. The van der Waals surface area contributed by atoms with Crippen LogP contribution in [-0.4, -0.2) is 33.2 Å². The Morgan fingerprint density at radius 1 is 1.19 bits per heavy atom. The smallest absolute Gasteiger partial charge is 0.243 e. The van der Waals surface area contributed by atoms with Gasteiger partial charge in [-0.05, 0) is 56.4 Å². The Labute approximate surface area is 159 Å². The monoisotopic (exact) mass is 382 g/mol. The van der Waals surface area contributed by atoms with E-state index in [0.717, 1.165) is 43.1 Å². The fourth-order valence-corrected chi connectivity index (χ4v) is 4.17. The molecule has 0 aromatic heterocycles. The van der Waals surface area contributed by atoms with E-state index < -0.39 is 16.1 Å². The van der Waals surface area contributed by atoms with Gasteiger partial charge in [-0.1, -0.05) is 39.2 Å². The second kappa shape index (κ2) is 9.95. The number of benzene rings is 1. The van der Waals surface area contributed by atoms with Crippen LogP contribution in [0.3, 0.4) is 0 Å². The predicted octanol–water partition coefficient (Wildman–Crippen LogP) is 3.79. The summed E-state index contributed by atoms with van der Waals surface area (Å²) in [6.07, 6.45) is 5.50. The van der Waals surface area contributed by atoms with Crippen molar-refractivity contribution in [3.63, 3.8) is 0 Å². The molecule has 0 heterocycles. The molecule has 0 aliphatic carbocycles. The number of nitrogens with zero attached hydrogens (tertiary/aromatic N) is 1. The third-order valence-corrected chi connectivity index (χ3v) is 6.18. The number of amides is 1. The zero-order valence-electron chi connectivity index (χ0n) is 17.0. The fraction of sp³-hybridized carbons (Fsp3) is 0.650. The number of unbranched alkanes of at least 4 members (excludes halogenated alkanes) is 1. The number of hydrogen-bond donors (Lipinski definition) is 1. The number of rotatable bonds is 10.